The second kappa shape index (κ2) is 12.8. The van der Waals surface area contributed by atoms with Gasteiger partial charge >= 0.3 is 11.9 Å². The maximum atomic E-state index is 12.1. The van der Waals surface area contributed by atoms with Gasteiger partial charge in [-0.15, -0.1) is 0 Å². The average Bonchev–Trinajstić information content (AvgIpc) is 2.64. The molecule has 0 radical (unpaired) electrons. The number of carbonyl (C=O) groups is 3. The zero-order chi connectivity index (χ0) is 19.3. The smallest absolute Gasteiger partial charge is 0.305 e. The Morgan fingerprint density at radius 1 is 0.880 bits per heavy atom. The molecular weight excluding hydrogens is 328 g/mol. The van der Waals surface area contributed by atoms with Crippen LogP contribution in [0.2, 0.25) is 0 Å². The molecule has 0 aromatic carbocycles. The first kappa shape index (κ1) is 23.5. The number of hydrogen-bond donors (Lipinski definition) is 1. The van der Waals surface area contributed by atoms with E-state index in [1.807, 2.05) is 6.92 Å². The molecule has 7 heteroatoms. The maximum Gasteiger partial charge on any atom is 0.305 e. The number of ether oxygens (including phenoxy) is 3. The summed E-state index contributed by atoms with van der Waals surface area (Å²) in [7, 11) is 0. The van der Waals surface area contributed by atoms with Crippen LogP contribution in [0.25, 0.3) is 0 Å². The van der Waals surface area contributed by atoms with E-state index in [1.54, 1.807) is 20.8 Å². The third-order valence-electron chi connectivity index (χ3n) is 3.94. The van der Waals surface area contributed by atoms with Crippen molar-refractivity contribution in [1.29, 1.82) is 0 Å². The fraction of sp³-hybridized carbons (Fsp3) is 0.833. The van der Waals surface area contributed by atoms with Gasteiger partial charge in [-0.2, -0.15) is 0 Å². The minimum absolute atomic E-state index is 0.127. The molecule has 0 heterocycles. The van der Waals surface area contributed by atoms with Gasteiger partial charge in [0.05, 0.1) is 5.41 Å². The van der Waals surface area contributed by atoms with E-state index >= 15 is 0 Å². The van der Waals surface area contributed by atoms with E-state index in [9.17, 15) is 19.5 Å². The quantitative estimate of drug-likeness (QED) is 0.374. The van der Waals surface area contributed by atoms with Crippen LogP contribution in [0.15, 0.2) is 0 Å². The van der Waals surface area contributed by atoms with Gasteiger partial charge in [0.25, 0.3) is 0 Å². The Hall–Kier alpha value is -1.47. The van der Waals surface area contributed by atoms with Crippen LogP contribution in [0, 0.1) is 5.41 Å². The molecule has 0 amide bonds. The molecular formula is C18H32O7. The largest absolute Gasteiger partial charge is 0.465 e. The molecule has 0 aromatic heterocycles. The lowest BCUT2D eigenvalue weighted by molar-refractivity contribution is -0.167. The molecule has 0 aromatic rings. The summed E-state index contributed by atoms with van der Waals surface area (Å²) in [6.07, 6.45) is 0.135. The number of carbonyl (C=O) groups excluding carboxylic acids is 3. The van der Waals surface area contributed by atoms with Gasteiger partial charge in [-0.25, -0.2) is 0 Å². The number of aliphatic hydroxyl groups is 1. The van der Waals surface area contributed by atoms with Gasteiger partial charge in [0.1, 0.15) is 19.3 Å². The second-order valence-electron chi connectivity index (χ2n) is 5.98. The maximum absolute atomic E-state index is 12.1. The molecule has 25 heavy (non-hydrogen) atoms. The zero-order valence-corrected chi connectivity index (χ0v) is 15.8. The molecule has 1 N–H and O–H groups in total. The monoisotopic (exact) mass is 360 g/mol. The Morgan fingerprint density at radius 2 is 1.40 bits per heavy atom. The van der Waals surface area contributed by atoms with E-state index in [2.05, 4.69) is 0 Å². The molecule has 1 unspecified atom stereocenters. The van der Waals surface area contributed by atoms with Crippen molar-refractivity contribution in [3.63, 3.8) is 0 Å². The van der Waals surface area contributed by atoms with E-state index in [0.29, 0.717) is 6.61 Å². The van der Waals surface area contributed by atoms with Gasteiger partial charge in [0.15, 0.2) is 5.78 Å². The van der Waals surface area contributed by atoms with Gasteiger partial charge in [0, 0.05) is 32.5 Å². The molecule has 1 atom stereocenters. The van der Waals surface area contributed by atoms with Crippen molar-refractivity contribution in [3.05, 3.63) is 0 Å². The lowest BCUT2D eigenvalue weighted by Crippen LogP contribution is -2.49. The lowest BCUT2D eigenvalue weighted by Gasteiger charge is -2.36. The van der Waals surface area contributed by atoms with Crippen molar-refractivity contribution >= 4 is 17.7 Å². The zero-order valence-electron chi connectivity index (χ0n) is 15.8. The predicted octanol–water partition coefficient (Wildman–Crippen LogP) is 2.04. The molecule has 0 saturated heterocycles. The predicted molar refractivity (Wildman–Crippen MR) is 92.0 cm³/mol. The van der Waals surface area contributed by atoms with E-state index in [-0.39, 0.29) is 45.5 Å². The van der Waals surface area contributed by atoms with Crippen LogP contribution in [0.4, 0.5) is 0 Å². The summed E-state index contributed by atoms with van der Waals surface area (Å²) in [5, 5.41) is 10.6. The highest BCUT2D eigenvalue weighted by atomic mass is 16.5. The third kappa shape index (κ3) is 8.45. The van der Waals surface area contributed by atoms with Crippen molar-refractivity contribution in [1.82, 2.24) is 0 Å². The number of esters is 2. The molecule has 146 valence electrons. The molecule has 0 fully saturated rings. The summed E-state index contributed by atoms with van der Waals surface area (Å²) in [5.74, 6) is -1.29. The molecule has 0 spiro atoms. The van der Waals surface area contributed by atoms with E-state index in [4.69, 9.17) is 14.2 Å². The number of rotatable bonds is 14. The number of ketones is 1. The fourth-order valence-corrected chi connectivity index (χ4v) is 2.19. The second-order valence-corrected chi connectivity index (χ2v) is 5.98. The van der Waals surface area contributed by atoms with Crippen molar-refractivity contribution < 1.29 is 33.7 Å². The van der Waals surface area contributed by atoms with Crippen molar-refractivity contribution in [3.8, 4) is 0 Å². The summed E-state index contributed by atoms with van der Waals surface area (Å²) in [4.78, 5) is 35.2. The van der Waals surface area contributed by atoms with Gasteiger partial charge in [-0.05, 0) is 12.8 Å². The minimum atomic E-state index is -1.41. The molecule has 0 bridgehead atoms. The number of aliphatic hydroxyl groups excluding tert-OH is 1. The highest BCUT2D eigenvalue weighted by molar-refractivity contribution is 5.83. The van der Waals surface area contributed by atoms with Crippen LogP contribution in [-0.2, 0) is 28.6 Å². The highest BCUT2D eigenvalue weighted by Gasteiger charge is 2.44. The molecule has 7 nitrogen and oxygen atoms in total. The topological polar surface area (TPSA) is 99.1 Å². The van der Waals surface area contributed by atoms with Crippen LogP contribution in [0.1, 0.15) is 59.8 Å². The fourth-order valence-electron chi connectivity index (χ4n) is 2.19. The molecule has 0 saturated carbocycles. The Balaban J connectivity index is 5.36. The number of Topliss-reactive ketones (excluding diaryl/α,β-unsaturated/α-hetero) is 1. The number of hydrogen-bond acceptors (Lipinski definition) is 7. The molecule has 0 aliphatic carbocycles. The highest BCUT2D eigenvalue weighted by Crippen LogP contribution is 2.30. The SMILES string of the molecule is CCCOCCC(COC(=O)CC)(COC(=O)CC)C(O)C(=O)CC. The molecule has 0 rings (SSSR count). The summed E-state index contributed by atoms with van der Waals surface area (Å²) in [6, 6.07) is 0. The van der Waals surface area contributed by atoms with E-state index in [0.717, 1.165) is 6.42 Å². The van der Waals surface area contributed by atoms with Gasteiger partial charge in [-0.3, -0.25) is 14.4 Å². The van der Waals surface area contributed by atoms with Crippen LogP contribution in [0.5, 0.6) is 0 Å². The standard InChI is InChI=1S/C18H32O7/c1-5-10-23-11-9-18(12-24-15(20)7-3,13-25-16(21)8-4)17(22)14(19)6-2/h17,22H,5-13H2,1-4H3. The van der Waals surface area contributed by atoms with Crippen molar-refractivity contribution in [2.24, 2.45) is 5.41 Å². The summed E-state index contributed by atoms with van der Waals surface area (Å²) in [6.45, 7) is 7.29. The Labute approximate surface area is 150 Å². The third-order valence-corrected chi connectivity index (χ3v) is 3.94. The van der Waals surface area contributed by atoms with E-state index < -0.39 is 29.2 Å². The molecule has 0 aliphatic rings. The van der Waals surface area contributed by atoms with Gasteiger partial charge < -0.3 is 19.3 Å². The Morgan fingerprint density at radius 3 is 1.80 bits per heavy atom. The van der Waals surface area contributed by atoms with Crippen LogP contribution in [0.3, 0.4) is 0 Å². The van der Waals surface area contributed by atoms with Crippen LogP contribution in [-0.4, -0.2) is 55.4 Å². The van der Waals surface area contributed by atoms with E-state index in [1.165, 1.54) is 0 Å². The van der Waals surface area contributed by atoms with Crippen LogP contribution >= 0.6 is 0 Å². The molecule has 0 aliphatic heterocycles. The summed E-state index contributed by atoms with van der Waals surface area (Å²) < 4.78 is 15.9. The summed E-state index contributed by atoms with van der Waals surface area (Å²) >= 11 is 0. The first-order valence-electron chi connectivity index (χ1n) is 8.96. The minimum Gasteiger partial charge on any atom is -0.465 e. The normalized spacial score (nSPS) is 12.5. The Bertz CT molecular complexity index is 400. The lowest BCUT2D eigenvalue weighted by atomic mass is 9.78. The first-order chi connectivity index (χ1) is 11.9. The van der Waals surface area contributed by atoms with Crippen molar-refractivity contribution in [2.45, 2.75) is 65.9 Å². The summed E-state index contributed by atoms with van der Waals surface area (Å²) in [5.41, 5.74) is -1.21. The Kier molecular flexibility index (Phi) is 12.1. The van der Waals surface area contributed by atoms with Crippen molar-refractivity contribution in [2.75, 3.05) is 26.4 Å². The average molecular weight is 360 g/mol. The first-order valence-corrected chi connectivity index (χ1v) is 8.96. The van der Waals surface area contributed by atoms with Gasteiger partial charge in [0.2, 0.25) is 0 Å². The van der Waals surface area contributed by atoms with Crippen LogP contribution < -0.4 is 0 Å². The van der Waals surface area contributed by atoms with Gasteiger partial charge in [-0.1, -0.05) is 27.7 Å².